The van der Waals surface area contributed by atoms with Gasteiger partial charge in [0.2, 0.25) is 0 Å². The summed E-state index contributed by atoms with van der Waals surface area (Å²) in [6.07, 6.45) is 0. The Kier molecular flexibility index (Phi) is 2.42. The molecule has 0 amide bonds. The van der Waals surface area contributed by atoms with Gasteiger partial charge in [-0.25, -0.2) is 4.98 Å². The highest BCUT2D eigenvalue weighted by Gasteiger charge is 2.13. The molecule has 1 aromatic rings. The maximum atomic E-state index is 10.4. The van der Waals surface area contributed by atoms with E-state index in [2.05, 4.69) is 20.9 Å². The van der Waals surface area contributed by atoms with Crippen molar-refractivity contribution in [1.29, 1.82) is 0 Å². The van der Waals surface area contributed by atoms with Gasteiger partial charge in [0.15, 0.2) is 4.60 Å². The molecule has 0 aliphatic heterocycles. The van der Waals surface area contributed by atoms with E-state index in [1.54, 1.807) is 6.92 Å². The van der Waals surface area contributed by atoms with Gasteiger partial charge < -0.3 is 0 Å². The Hall–Kier alpha value is -0.970. The van der Waals surface area contributed by atoms with Crippen LogP contribution in [0.15, 0.2) is 10.7 Å². The van der Waals surface area contributed by atoms with Crippen LogP contribution < -0.4 is 0 Å². The second kappa shape index (κ2) is 3.18. The molecule has 64 valence electrons. The molecule has 1 rings (SSSR count). The Morgan fingerprint density at radius 1 is 1.58 bits per heavy atom. The number of hydrogen-bond acceptors (Lipinski definition) is 3. The summed E-state index contributed by atoms with van der Waals surface area (Å²) in [5, 5.41) is 10.4. The molecule has 0 saturated carbocycles. The minimum absolute atomic E-state index is 0.0121. The predicted octanol–water partition coefficient (Wildman–Crippen LogP) is 2.37. The van der Waals surface area contributed by atoms with Crippen molar-refractivity contribution in [2.45, 2.75) is 13.8 Å². The van der Waals surface area contributed by atoms with Gasteiger partial charge in [-0.05, 0) is 35.3 Å². The van der Waals surface area contributed by atoms with E-state index < -0.39 is 4.92 Å². The van der Waals surface area contributed by atoms with Crippen molar-refractivity contribution in [3.05, 3.63) is 32.0 Å². The Labute approximate surface area is 77.9 Å². The van der Waals surface area contributed by atoms with E-state index in [4.69, 9.17) is 0 Å². The molecule has 0 saturated heterocycles. The van der Waals surface area contributed by atoms with Crippen molar-refractivity contribution >= 4 is 21.6 Å². The summed E-state index contributed by atoms with van der Waals surface area (Å²) in [7, 11) is 0. The number of halogens is 1. The Bertz CT molecular complexity index is 338. The van der Waals surface area contributed by atoms with E-state index in [0.717, 1.165) is 11.3 Å². The minimum atomic E-state index is -0.455. The maximum Gasteiger partial charge on any atom is 0.302 e. The van der Waals surface area contributed by atoms with E-state index in [9.17, 15) is 10.1 Å². The quantitative estimate of drug-likeness (QED) is 0.423. The maximum absolute atomic E-state index is 10.4. The number of nitro groups is 1. The van der Waals surface area contributed by atoms with Crippen LogP contribution in [0, 0.1) is 24.0 Å². The van der Waals surface area contributed by atoms with E-state index in [1.807, 2.05) is 6.92 Å². The van der Waals surface area contributed by atoms with Gasteiger partial charge in [-0.1, -0.05) is 0 Å². The predicted molar refractivity (Wildman–Crippen MR) is 48.1 cm³/mol. The summed E-state index contributed by atoms with van der Waals surface area (Å²) in [6.45, 7) is 3.60. The number of pyridine rings is 1. The van der Waals surface area contributed by atoms with Crippen molar-refractivity contribution in [2.75, 3.05) is 0 Å². The Morgan fingerprint density at radius 3 is 2.67 bits per heavy atom. The second-order valence-corrected chi connectivity index (χ2v) is 3.21. The lowest BCUT2D eigenvalue weighted by Gasteiger charge is -1.99. The van der Waals surface area contributed by atoms with Crippen LogP contribution in [0.4, 0.5) is 5.69 Å². The van der Waals surface area contributed by atoms with Gasteiger partial charge in [-0.3, -0.25) is 10.1 Å². The fourth-order valence-electron chi connectivity index (χ4n) is 0.790. The smallest absolute Gasteiger partial charge is 0.258 e. The van der Waals surface area contributed by atoms with Crippen molar-refractivity contribution in [1.82, 2.24) is 4.98 Å². The van der Waals surface area contributed by atoms with Gasteiger partial charge in [0.1, 0.15) is 0 Å². The molecular formula is C7H7BrN2O2. The van der Waals surface area contributed by atoms with Gasteiger partial charge in [0.25, 0.3) is 0 Å². The fraction of sp³-hybridized carbons (Fsp3) is 0.286. The van der Waals surface area contributed by atoms with Crippen LogP contribution in [-0.2, 0) is 0 Å². The average molecular weight is 231 g/mol. The van der Waals surface area contributed by atoms with Crippen LogP contribution in [0.1, 0.15) is 11.3 Å². The Balaban J connectivity index is 3.33. The zero-order valence-electron chi connectivity index (χ0n) is 6.67. The van der Waals surface area contributed by atoms with E-state index in [-0.39, 0.29) is 10.3 Å². The van der Waals surface area contributed by atoms with Crippen molar-refractivity contribution in [3.8, 4) is 0 Å². The van der Waals surface area contributed by atoms with Gasteiger partial charge in [-0.15, -0.1) is 0 Å². The highest BCUT2D eigenvalue weighted by molar-refractivity contribution is 9.10. The molecule has 12 heavy (non-hydrogen) atoms. The molecule has 0 aromatic carbocycles. The molecular weight excluding hydrogens is 224 g/mol. The molecule has 0 bridgehead atoms. The van der Waals surface area contributed by atoms with Crippen molar-refractivity contribution in [2.24, 2.45) is 0 Å². The monoisotopic (exact) mass is 230 g/mol. The first-order chi connectivity index (χ1) is 5.52. The summed E-state index contributed by atoms with van der Waals surface area (Å²) in [4.78, 5) is 13.9. The first-order valence-corrected chi connectivity index (χ1v) is 4.10. The molecule has 0 radical (unpaired) electrons. The normalized spacial score (nSPS) is 9.92. The number of nitrogens with zero attached hydrogens (tertiary/aromatic N) is 2. The van der Waals surface area contributed by atoms with Crippen LogP contribution >= 0.6 is 15.9 Å². The summed E-state index contributed by atoms with van der Waals surface area (Å²) in [5.41, 5.74) is 1.63. The summed E-state index contributed by atoms with van der Waals surface area (Å²) >= 11 is 3.03. The number of aryl methyl sites for hydroxylation is 2. The third kappa shape index (κ3) is 1.61. The van der Waals surface area contributed by atoms with Crippen LogP contribution in [0.25, 0.3) is 0 Å². The molecule has 0 aliphatic rings. The lowest BCUT2D eigenvalue weighted by atomic mass is 10.2. The highest BCUT2D eigenvalue weighted by Crippen LogP contribution is 2.24. The third-order valence-corrected chi connectivity index (χ3v) is 2.18. The van der Waals surface area contributed by atoms with Gasteiger partial charge in [0, 0.05) is 11.8 Å². The second-order valence-electron chi connectivity index (χ2n) is 2.46. The zero-order valence-corrected chi connectivity index (χ0v) is 8.25. The van der Waals surface area contributed by atoms with E-state index in [1.165, 1.54) is 6.07 Å². The fourth-order valence-corrected chi connectivity index (χ4v) is 1.32. The van der Waals surface area contributed by atoms with Crippen LogP contribution in [0.2, 0.25) is 0 Å². The molecule has 1 aromatic heterocycles. The van der Waals surface area contributed by atoms with Crippen LogP contribution in [0.5, 0.6) is 0 Å². The van der Waals surface area contributed by atoms with Crippen molar-refractivity contribution < 1.29 is 4.92 Å². The van der Waals surface area contributed by atoms with Crippen LogP contribution in [0.3, 0.4) is 0 Å². The zero-order chi connectivity index (χ0) is 9.30. The summed E-state index contributed by atoms with van der Waals surface area (Å²) < 4.78 is 0.288. The summed E-state index contributed by atoms with van der Waals surface area (Å²) in [6, 6.07) is 1.51. The van der Waals surface area contributed by atoms with E-state index in [0.29, 0.717) is 0 Å². The topological polar surface area (TPSA) is 56.0 Å². The Morgan fingerprint density at radius 2 is 2.17 bits per heavy atom. The molecule has 0 aliphatic carbocycles. The third-order valence-electron chi connectivity index (χ3n) is 1.60. The lowest BCUT2D eigenvalue weighted by Crippen LogP contribution is -1.95. The molecule has 0 fully saturated rings. The number of aromatic nitrogens is 1. The molecule has 5 heteroatoms. The van der Waals surface area contributed by atoms with Gasteiger partial charge in [-0.2, -0.15) is 0 Å². The average Bonchev–Trinajstić information content (AvgIpc) is 1.96. The van der Waals surface area contributed by atoms with Gasteiger partial charge >= 0.3 is 5.69 Å². The van der Waals surface area contributed by atoms with E-state index >= 15 is 0 Å². The molecule has 0 N–H and O–H groups in total. The first-order valence-electron chi connectivity index (χ1n) is 3.30. The molecule has 0 unspecified atom stereocenters. The van der Waals surface area contributed by atoms with Crippen molar-refractivity contribution in [3.63, 3.8) is 0 Å². The van der Waals surface area contributed by atoms with Gasteiger partial charge in [0.05, 0.1) is 4.92 Å². The summed E-state index contributed by atoms with van der Waals surface area (Å²) in [5.74, 6) is 0. The molecule has 0 spiro atoms. The van der Waals surface area contributed by atoms with Crippen LogP contribution in [-0.4, -0.2) is 9.91 Å². The first kappa shape index (κ1) is 9.12. The molecule has 4 nitrogen and oxygen atoms in total. The highest BCUT2D eigenvalue weighted by atomic mass is 79.9. The largest absolute Gasteiger partial charge is 0.302 e. The molecule has 1 heterocycles. The molecule has 0 atom stereocenters. The number of hydrogen-bond donors (Lipinski definition) is 0. The number of rotatable bonds is 1. The minimum Gasteiger partial charge on any atom is -0.258 e. The standard InChI is InChI=1S/C7H7BrN2O2/c1-4-3-6(10(11)12)7(8)9-5(4)2/h3H,1-2H3. The SMILES string of the molecule is Cc1cc([N+](=O)[O-])c(Br)nc1C. The lowest BCUT2D eigenvalue weighted by molar-refractivity contribution is -0.386.